The lowest BCUT2D eigenvalue weighted by atomic mass is 9.83. The number of guanidine groups is 1. The van der Waals surface area contributed by atoms with Crippen LogP contribution in [0.5, 0.6) is 0 Å². The van der Waals surface area contributed by atoms with Crippen molar-refractivity contribution in [1.29, 1.82) is 5.41 Å². The van der Waals surface area contributed by atoms with Crippen LogP contribution in [0.25, 0.3) is 0 Å². The molecule has 4 N–H and O–H groups in total. The van der Waals surface area contributed by atoms with E-state index in [0.717, 1.165) is 51.4 Å². The number of carbonyl (C=O) groups is 4. The minimum Gasteiger partial charge on any atom is -0.370 e. The number of nitrogens with two attached hydrogens (primary N) is 1. The quantitative estimate of drug-likeness (QED) is 0.171. The number of Topliss-reactive ketones (excluding diaryl/α,β-unsaturated/α-hetero) is 1. The standard InChI is InChI=1S/C34H47N7O4S/c35-34(36)40-17-8-14-26(21-40)19-27(31(44)32-37-15-18-46-32)38-29(42)22-41-28(20-25-11-5-2-6-12-25)33(45)39(23-30(41)43)16-7-13-24-9-3-1-4-10-24/h1,3-4,9-10,15,18,25-28H,2,5-8,11-14,16-17,19-23H2,(H3,35,36)(H,38,42)/t26?,27-,28-/m0/s1. The topological polar surface area (TPSA) is 153 Å². The van der Waals surface area contributed by atoms with Crippen LogP contribution in [0.2, 0.25) is 0 Å². The van der Waals surface area contributed by atoms with E-state index in [9.17, 15) is 19.2 Å². The zero-order valence-corrected chi connectivity index (χ0v) is 27.4. The number of hydrogen-bond acceptors (Lipinski definition) is 7. The van der Waals surface area contributed by atoms with Gasteiger partial charge in [-0.2, -0.15) is 0 Å². The molecule has 3 aliphatic rings. The van der Waals surface area contributed by atoms with Gasteiger partial charge in [-0.1, -0.05) is 62.4 Å². The molecule has 1 saturated carbocycles. The third-order valence-corrected chi connectivity index (χ3v) is 10.5. The first-order valence-electron chi connectivity index (χ1n) is 16.7. The Morgan fingerprint density at radius 1 is 1.07 bits per heavy atom. The van der Waals surface area contributed by atoms with Crippen LogP contribution in [-0.2, 0) is 20.8 Å². The predicted octanol–water partition coefficient (Wildman–Crippen LogP) is 3.45. The van der Waals surface area contributed by atoms with Crippen LogP contribution in [0.1, 0.15) is 79.6 Å². The molecular weight excluding hydrogens is 602 g/mol. The number of benzene rings is 1. The number of likely N-dealkylation sites (tertiary alicyclic amines) is 1. The predicted molar refractivity (Wildman–Crippen MR) is 177 cm³/mol. The maximum absolute atomic E-state index is 13.9. The number of nitrogens with one attached hydrogen (secondary N) is 2. The summed E-state index contributed by atoms with van der Waals surface area (Å²) in [7, 11) is 0. The monoisotopic (exact) mass is 649 g/mol. The van der Waals surface area contributed by atoms with Crippen LogP contribution in [0.4, 0.5) is 0 Å². The van der Waals surface area contributed by atoms with Gasteiger partial charge >= 0.3 is 0 Å². The lowest BCUT2D eigenvalue weighted by Gasteiger charge is -2.42. The molecule has 3 fully saturated rings. The van der Waals surface area contributed by atoms with Gasteiger partial charge in [0.15, 0.2) is 11.0 Å². The Labute approximate surface area is 275 Å². The van der Waals surface area contributed by atoms with Gasteiger partial charge in [0.1, 0.15) is 12.6 Å². The average Bonchev–Trinajstić information content (AvgIpc) is 3.61. The van der Waals surface area contributed by atoms with Crippen molar-refractivity contribution in [2.75, 3.05) is 32.7 Å². The summed E-state index contributed by atoms with van der Waals surface area (Å²) >= 11 is 1.22. The van der Waals surface area contributed by atoms with Crippen molar-refractivity contribution >= 4 is 40.8 Å². The molecule has 5 rings (SSSR count). The first-order chi connectivity index (χ1) is 22.3. The van der Waals surface area contributed by atoms with Gasteiger partial charge in [0.05, 0.1) is 12.6 Å². The van der Waals surface area contributed by atoms with E-state index < -0.39 is 18.0 Å². The van der Waals surface area contributed by atoms with E-state index in [4.69, 9.17) is 11.1 Å². The first-order valence-corrected chi connectivity index (χ1v) is 17.6. The summed E-state index contributed by atoms with van der Waals surface area (Å²) < 4.78 is 0. The molecule has 1 aromatic carbocycles. The molecule has 2 aromatic rings. The third kappa shape index (κ3) is 8.92. The van der Waals surface area contributed by atoms with E-state index in [1.165, 1.54) is 28.2 Å². The highest BCUT2D eigenvalue weighted by atomic mass is 32.1. The number of amides is 3. The number of carbonyl (C=O) groups excluding carboxylic acids is 4. The summed E-state index contributed by atoms with van der Waals surface area (Å²) in [6.45, 7) is 1.40. The van der Waals surface area contributed by atoms with E-state index in [-0.39, 0.29) is 42.6 Å². The van der Waals surface area contributed by atoms with Crippen LogP contribution in [0, 0.1) is 17.2 Å². The Hall–Kier alpha value is -3.80. The molecule has 11 nitrogen and oxygen atoms in total. The second-order valence-electron chi connectivity index (χ2n) is 13.0. The lowest BCUT2D eigenvalue weighted by molar-refractivity contribution is -0.158. The van der Waals surface area contributed by atoms with Gasteiger partial charge in [0, 0.05) is 31.2 Å². The molecule has 1 aliphatic carbocycles. The number of piperidine rings is 1. The van der Waals surface area contributed by atoms with Crippen LogP contribution < -0.4 is 11.1 Å². The molecule has 3 amide bonds. The Morgan fingerprint density at radius 2 is 1.83 bits per heavy atom. The highest BCUT2D eigenvalue weighted by molar-refractivity contribution is 7.11. The smallest absolute Gasteiger partial charge is 0.245 e. The van der Waals surface area contributed by atoms with Crippen molar-refractivity contribution in [3.8, 4) is 0 Å². The van der Waals surface area contributed by atoms with E-state index in [1.54, 1.807) is 21.4 Å². The fraction of sp³-hybridized carbons (Fsp3) is 0.588. The maximum atomic E-state index is 13.9. The Kier molecular flexibility index (Phi) is 11.8. The number of nitrogens with zero attached hydrogens (tertiary/aromatic N) is 4. The molecule has 3 heterocycles. The first kappa shape index (κ1) is 33.6. The van der Waals surface area contributed by atoms with Crippen molar-refractivity contribution < 1.29 is 19.2 Å². The number of rotatable bonds is 13. The molecule has 1 unspecified atom stereocenters. The molecule has 2 aliphatic heterocycles. The Bertz CT molecular complexity index is 1350. The molecule has 3 atom stereocenters. The second kappa shape index (κ2) is 16.2. The number of aryl methyl sites for hydroxylation is 1. The van der Waals surface area contributed by atoms with Crippen molar-refractivity contribution in [2.24, 2.45) is 17.6 Å². The Balaban J connectivity index is 1.27. The normalized spacial score (nSPS) is 21.7. The number of thiazole rings is 1. The second-order valence-corrected chi connectivity index (χ2v) is 13.9. The van der Waals surface area contributed by atoms with E-state index >= 15 is 0 Å². The largest absolute Gasteiger partial charge is 0.370 e. The average molecular weight is 650 g/mol. The summed E-state index contributed by atoms with van der Waals surface area (Å²) in [6.07, 6.45) is 11.2. The van der Waals surface area contributed by atoms with E-state index in [1.807, 2.05) is 18.2 Å². The van der Waals surface area contributed by atoms with Crippen LogP contribution >= 0.6 is 11.3 Å². The zero-order chi connectivity index (χ0) is 32.5. The molecule has 0 spiro atoms. The highest BCUT2D eigenvalue weighted by Crippen LogP contribution is 2.31. The summed E-state index contributed by atoms with van der Waals surface area (Å²) in [6, 6.07) is 8.58. The molecule has 46 heavy (non-hydrogen) atoms. The number of hydrogen-bond donors (Lipinski definition) is 3. The van der Waals surface area contributed by atoms with Crippen molar-refractivity contribution in [3.63, 3.8) is 0 Å². The van der Waals surface area contributed by atoms with Gasteiger partial charge in [0.25, 0.3) is 0 Å². The summed E-state index contributed by atoms with van der Waals surface area (Å²) in [5, 5.41) is 12.8. The fourth-order valence-corrected chi connectivity index (χ4v) is 7.88. The minimum atomic E-state index is -0.836. The molecule has 1 aromatic heterocycles. The van der Waals surface area contributed by atoms with Crippen molar-refractivity contribution in [3.05, 3.63) is 52.5 Å². The van der Waals surface area contributed by atoms with Crippen LogP contribution in [0.3, 0.4) is 0 Å². The van der Waals surface area contributed by atoms with Gasteiger partial charge < -0.3 is 25.8 Å². The fourth-order valence-electron chi connectivity index (χ4n) is 7.25. The molecular formula is C34H47N7O4S. The molecule has 0 radical (unpaired) electrons. The SMILES string of the molecule is N=C(N)N1CCCC(C[C@H](NC(=O)CN2C(=O)CN(CCCc3ccccc3)C(=O)[C@@H]2CC2CCCCC2)C(=O)c2nccs2)C1. The van der Waals surface area contributed by atoms with Gasteiger partial charge in [-0.3, -0.25) is 24.6 Å². The van der Waals surface area contributed by atoms with Gasteiger partial charge in [-0.25, -0.2) is 4.98 Å². The Morgan fingerprint density at radius 3 is 2.54 bits per heavy atom. The molecule has 12 heteroatoms. The maximum Gasteiger partial charge on any atom is 0.245 e. The minimum absolute atomic E-state index is 0.00271. The molecule has 2 saturated heterocycles. The van der Waals surface area contributed by atoms with E-state index in [2.05, 4.69) is 22.4 Å². The number of ketones is 1. The summed E-state index contributed by atoms with van der Waals surface area (Å²) in [4.78, 5) is 63.8. The molecule has 248 valence electrons. The molecule has 0 bridgehead atoms. The summed E-state index contributed by atoms with van der Waals surface area (Å²) in [5.74, 6) is -0.666. The zero-order valence-electron chi connectivity index (χ0n) is 26.6. The van der Waals surface area contributed by atoms with Crippen molar-refractivity contribution in [2.45, 2.75) is 82.7 Å². The van der Waals surface area contributed by atoms with Gasteiger partial charge in [-0.15, -0.1) is 11.3 Å². The van der Waals surface area contributed by atoms with Crippen molar-refractivity contribution in [1.82, 2.24) is 25.0 Å². The highest BCUT2D eigenvalue weighted by Gasteiger charge is 2.41. The van der Waals surface area contributed by atoms with E-state index in [0.29, 0.717) is 43.4 Å². The van der Waals surface area contributed by atoms with Gasteiger partial charge in [-0.05, 0) is 55.9 Å². The lowest BCUT2D eigenvalue weighted by Crippen LogP contribution is -2.62. The third-order valence-electron chi connectivity index (χ3n) is 9.67. The van der Waals surface area contributed by atoms with Crippen LogP contribution in [-0.4, -0.2) is 94.0 Å². The van der Waals surface area contributed by atoms with Gasteiger partial charge in [0.2, 0.25) is 23.5 Å². The number of aromatic nitrogens is 1. The number of piperazine rings is 1. The summed E-state index contributed by atoms with van der Waals surface area (Å²) in [5.41, 5.74) is 6.94. The van der Waals surface area contributed by atoms with Crippen LogP contribution in [0.15, 0.2) is 41.9 Å².